The van der Waals surface area contributed by atoms with Crippen LogP contribution in [-0.2, 0) is 6.54 Å². The second kappa shape index (κ2) is 4.25. The van der Waals surface area contributed by atoms with E-state index in [-0.39, 0.29) is 0 Å². The van der Waals surface area contributed by atoms with Crippen LogP contribution in [0.3, 0.4) is 0 Å². The Morgan fingerprint density at radius 2 is 2.54 bits per heavy atom. The van der Waals surface area contributed by atoms with Crippen LogP contribution in [0, 0.1) is 0 Å². The topological polar surface area (TPSA) is 12.0 Å². The fraction of sp³-hybridized carbons (Fsp3) is 0.636. The van der Waals surface area contributed by atoms with Gasteiger partial charge in [-0.1, -0.05) is 19.8 Å². The van der Waals surface area contributed by atoms with Crippen LogP contribution in [0.4, 0.5) is 0 Å². The molecule has 1 aliphatic rings. The maximum absolute atomic E-state index is 3.50. The molecular weight excluding hydrogens is 178 g/mol. The molecule has 1 aromatic heterocycles. The zero-order valence-corrected chi connectivity index (χ0v) is 8.99. The molecule has 1 N–H and O–H groups in total. The van der Waals surface area contributed by atoms with Gasteiger partial charge in [0.1, 0.15) is 0 Å². The third-order valence-electron chi connectivity index (χ3n) is 2.80. The summed E-state index contributed by atoms with van der Waals surface area (Å²) < 4.78 is 0. The van der Waals surface area contributed by atoms with E-state index in [1.54, 1.807) is 10.4 Å². The largest absolute Gasteiger partial charge is 0.311 e. The van der Waals surface area contributed by atoms with E-state index in [0.29, 0.717) is 0 Å². The summed E-state index contributed by atoms with van der Waals surface area (Å²) in [5, 5.41) is 5.73. The van der Waals surface area contributed by atoms with Crippen LogP contribution < -0.4 is 5.32 Å². The Balaban J connectivity index is 2.07. The smallest absolute Gasteiger partial charge is 0.0302 e. The first kappa shape index (κ1) is 9.22. The molecule has 2 heteroatoms. The number of hydrogen-bond donors (Lipinski definition) is 1. The maximum atomic E-state index is 3.50. The van der Waals surface area contributed by atoms with Gasteiger partial charge in [0.2, 0.25) is 0 Å². The molecule has 0 aliphatic carbocycles. The van der Waals surface area contributed by atoms with Crippen LogP contribution in [0.15, 0.2) is 11.4 Å². The molecule has 0 radical (unpaired) electrons. The van der Waals surface area contributed by atoms with E-state index >= 15 is 0 Å². The van der Waals surface area contributed by atoms with Crippen molar-refractivity contribution < 1.29 is 0 Å². The number of hydrogen-bond acceptors (Lipinski definition) is 2. The third-order valence-corrected chi connectivity index (χ3v) is 3.74. The minimum absolute atomic E-state index is 0.787. The lowest BCUT2D eigenvalue weighted by atomic mass is 9.92. The van der Waals surface area contributed by atoms with Crippen molar-refractivity contribution in [1.82, 2.24) is 5.32 Å². The molecule has 72 valence electrons. The molecule has 1 atom stereocenters. The predicted octanol–water partition coefficient (Wildman–Crippen LogP) is 3.13. The van der Waals surface area contributed by atoms with Gasteiger partial charge in [-0.05, 0) is 29.3 Å². The number of thiophene rings is 1. The summed E-state index contributed by atoms with van der Waals surface area (Å²) in [5.74, 6) is 0.787. The predicted molar refractivity (Wildman–Crippen MR) is 58.3 cm³/mol. The lowest BCUT2D eigenvalue weighted by molar-refractivity contribution is 0.503. The highest BCUT2D eigenvalue weighted by Gasteiger charge is 2.19. The molecule has 2 rings (SSSR count). The van der Waals surface area contributed by atoms with Crippen LogP contribution in [0.2, 0.25) is 0 Å². The lowest BCUT2D eigenvalue weighted by Crippen LogP contribution is -2.26. The van der Waals surface area contributed by atoms with Crippen molar-refractivity contribution in [3.63, 3.8) is 0 Å². The molecule has 1 unspecified atom stereocenters. The van der Waals surface area contributed by atoms with Crippen LogP contribution >= 0.6 is 11.3 Å². The summed E-state index contributed by atoms with van der Waals surface area (Å²) >= 11 is 1.90. The summed E-state index contributed by atoms with van der Waals surface area (Å²) in [6, 6.07) is 2.32. The molecule has 0 saturated heterocycles. The van der Waals surface area contributed by atoms with Gasteiger partial charge >= 0.3 is 0 Å². The van der Waals surface area contributed by atoms with Crippen molar-refractivity contribution in [2.75, 3.05) is 6.54 Å². The highest BCUT2D eigenvalue weighted by Crippen LogP contribution is 2.31. The van der Waals surface area contributed by atoms with Gasteiger partial charge in [0.25, 0.3) is 0 Å². The summed E-state index contributed by atoms with van der Waals surface area (Å²) in [7, 11) is 0. The Labute approximate surface area is 84.2 Å². The maximum Gasteiger partial charge on any atom is 0.0302 e. The number of nitrogens with one attached hydrogen (secondary N) is 1. The van der Waals surface area contributed by atoms with Crippen LogP contribution in [0.1, 0.15) is 42.5 Å². The molecule has 0 saturated carbocycles. The van der Waals surface area contributed by atoms with E-state index in [1.807, 2.05) is 11.3 Å². The fourth-order valence-corrected chi connectivity index (χ4v) is 2.97. The average Bonchev–Trinajstić information content (AvgIpc) is 2.62. The number of unbranched alkanes of at least 4 members (excludes halogenated alkanes) is 1. The summed E-state index contributed by atoms with van der Waals surface area (Å²) in [4.78, 5) is 1.56. The van der Waals surface area contributed by atoms with Gasteiger partial charge in [0, 0.05) is 18.0 Å². The van der Waals surface area contributed by atoms with Gasteiger partial charge < -0.3 is 5.32 Å². The van der Waals surface area contributed by atoms with E-state index in [9.17, 15) is 0 Å². The second-order valence-electron chi connectivity index (χ2n) is 3.77. The molecular formula is C11H17NS. The molecule has 0 amide bonds. The quantitative estimate of drug-likeness (QED) is 0.781. The molecule has 0 fully saturated rings. The Morgan fingerprint density at radius 3 is 3.38 bits per heavy atom. The first-order valence-corrected chi connectivity index (χ1v) is 6.06. The van der Waals surface area contributed by atoms with Crippen LogP contribution in [0.25, 0.3) is 0 Å². The van der Waals surface area contributed by atoms with Crippen molar-refractivity contribution in [1.29, 1.82) is 0 Å². The van der Waals surface area contributed by atoms with Gasteiger partial charge in [-0.25, -0.2) is 0 Å². The summed E-state index contributed by atoms with van der Waals surface area (Å²) in [6.07, 6.45) is 4.03. The van der Waals surface area contributed by atoms with E-state index in [1.165, 1.54) is 25.8 Å². The first-order chi connectivity index (χ1) is 6.42. The van der Waals surface area contributed by atoms with Gasteiger partial charge in [-0.15, -0.1) is 11.3 Å². The van der Waals surface area contributed by atoms with E-state index in [4.69, 9.17) is 0 Å². The molecule has 2 heterocycles. The number of rotatable bonds is 3. The Bertz CT molecular complexity index is 267. The fourth-order valence-electron chi connectivity index (χ4n) is 2.04. The van der Waals surface area contributed by atoms with E-state index in [2.05, 4.69) is 23.7 Å². The molecule has 0 spiro atoms. The number of fused-ring (bicyclic) bond motifs is 1. The second-order valence-corrected chi connectivity index (χ2v) is 4.77. The summed E-state index contributed by atoms with van der Waals surface area (Å²) in [6.45, 7) is 4.55. The normalized spacial score (nSPS) is 21.5. The molecule has 0 aromatic carbocycles. The molecule has 1 aromatic rings. The molecule has 13 heavy (non-hydrogen) atoms. The SMILES string of the molecule is CCCCC1CNCc2sccc21. The standard InChI is InChI=1S/C11H17NS/c1-2-3-4-9-7-12-8-11-10(9)5-6-13-11/h5-6,9,12H,2-4,7-8H2,1H3. The van der Waals surface area contributed by atoms with Crippen molar-refractivity contribution >= 4 is 11.3 Å². The molecule has 1 nitrogen and oxygen atoms in total. The molecule has 1 aliphatic heterocycles. The van der Waals surface area contributed by atoms with E-state index < -0.39 is 0 Å². The van der Waals surface area contributed by atoms with Crippen molar-refractivity contribution in [3.05, 3.63) is 21.9 Å². The Kier molecular flexibility index (Phi) is 3.01. The van der Waals surface area contributed by atoms with E-state index in [0.717, 1.165) is 12.5 Å². The summed E-state index contributed by atoms with van der Waals surface area (Å²) in [5.41, 5.74) is 1.62. The highest BCUT2D eigenvalue weighted by atomic mass is 32.1. The third kappa shape index (κ3) is 1.94. The van der Waals surface area contributed by atoms with Gasteiger partial charge in [0.05, 0.1) is 0 Å². The van der Waals surface area contributed by atoms with Gasteiger partial charge in [0.15, 0.2) is 0 Å². The van der Waals surface area contributed by atoms with Crippen LogP contribution in [0.5, 0.6) is 0 Å². The lowest BCUT2D eigenvalue weighted by Gasteiger charge is -2.23. The van der Waals surface area contributed by atoms with Crippen molar-refractivity contribution in [2.45, 2.75) is 38.6 Å². The van der Waals surface area contributed by atoms with Crippen LogP contribution in [-0.4, -0.2) is 6.54 Å². The van der Waals surface area contributed by atoms with Crippen molar-refractivity contribution in [2.24, 2.45) is 0 Å². The monoisotopic (exact) mass is 195 g/mol. The highest BCUT2D eigenvalue weighted by molar-refractivity contribution is 7.10. The van der Waals surface area contributed by atoms with Gasteiger partial charge in [-0.3, -0.25) is 0 Å². The van der Waals surface area contributed by atoms with Gasteiger partial charge in [-0.2, -0.15) is 0 Å². The minimum atomic E-state index is 0.787. The zero-order valence-electron chi connectivity index (χ0n) is 8.18. The Hall–Kier alpha value is -0.340. The first-order valence-electron chi connectivity index (χ1n) is 5.18. The molecule has 0 bridgehead atoms. The minimum Gasteiger partial charge on any atom is -0.311 e. The zero-order chi connectivity index (χ0) is 9.10. The average molecular weight is 195 g/mol. The Morgan fingerprint density at radius 1 is 1.62 bits per heavy atom. The van der Waals surface area contributed by atoms with Crippen molar-refractivity contribution in [3.8, 4) is 0 Å².